The standard InChI is InChI=1S/C16H22N2S2/c1-12-5-7-13(8-6-12)19-11-15-17-9-14(20-15)10-18-16(2,3)4/h5-9,18H,10-11H2,1-4H3. The van der Waals surface area contributed by atoms with Crippen molar-refractivity contribution in [2.45, 2.75) is 50.4 Å². The lowest BCUT2D eigenvalue weighted by Gasteiger charge is -2.19. The van der Waals surface area contributed by atoms with Gasteiger partial charge in [0.2, 0.25) is 0 Å². The Balaban J connectivity index is 1.85. The normalized spacial score (nSPS) is 11.8. The van der Waals surface area contributed by atoms with Gasteiger partial charge in [-0.3, -0.25) is 0 Å². The molecule has 1 aromatic heterocycles. The first-order chi connectivity index (χ1) is 9.42. The van der Waals surface area contributed by atoms with Crippen molar-refractivity contribution in [1.82, 2.24) is 10.3 Å². The van der Waals surface area contributed by atoms with Gasteiger partial charge in [0, 0.05) is 28.1 Å². The highest BCUT2D eigenvalue weighted by atomic mass is 32.2. The van der Waals surface area contributed by atoms with Crippen molar-refractivity contribution in [3.63, 3.8) is 0 Å². The third-order valence-electron chi connectivity index (χ3n) is 2.78. The summed E-state index contributed by atoms with van der Waals surface area (Å²) < 4.78 is 0. The number of thioether (sulfide) groups is 1. The van der Waals surface area contributed by atoms with Crippen LogP contribution in [0.25, 0.3) is 0 Å². The summed E-state index contributed by atoms with van der Waals surface area (Å²) in [6.07, 6.45) is 1.99. The third-order valence-corrected chi connectivity index (χ3v) is 4.98. The van der Waals surface area contributed by atoms with Crippen LogP contribution in [0.15, 0.2) is 35.4 Å². The Labute approximate surface area is 130 Å². The molecule has 108 valence electrons. The number of aryl methyl sites for hydroxylation is 1. The predicted octanol–water partition coefficient (Wildman–Crippen LogP) is 4.63. The molecule has 0 atom stereocenters. The number of hydrogen-bond donors (Lipinski definition) is 1. The van der Waals surface area contributed by atoms with E-state index in [4.69, 9.17) is 0 Å². The third kappa shape index (κ3) is 5.27. The summed E-state index contributed by atoms with van der Waals surface area (Å²) in [5, 5.41) is 4.69. The molecule has 0 amide bonds. The van der Waals surface area contributed by atoms with Crippen LogP contribution in [0.5, 0.6) is 0 Å². The lowest BCUT2D eigenvalue weighted by atomic mass is 10.1. The van der Waals surface area contributed by atoms with Gasteiger partial charge in [0.05, 0.1) is 5.75 Å². The molecule has 0 saturated heterocycles. The van der Waals surface area contributed by atoms with Crippen molar-refractivity contribution < 1.29 is 0 Å². The minimum Gasteiger partial charge on any atom is -0.307 e. The Kier molecular flexibility index (Phi) is 5.24. The van der Waals surface area contributed by atoms with Gasteiger partial charge in [0.25, 0.3) is 0 Å². The molecule has 0 aliphatic carbocycles. The van der Waals surface area contributed by atoms with E-state index in [1.54, 1.807) is 11.3 Å². The fourth-order valence-corrected chi connectivity index (χ4v) is 3.39. The van der Waals surface area contributed by atoms with E-state index in [0.717, 1.165) is 12.3 Å². The van der Waals surface area contributed by atoms with Crippen LogP contribution in [0.2, 0.25) is 0 Å². The first-order valence-corrected chi connectivity index (χ1v) is 8.61. The summed E-state index contributed by atoms with van der Waals surface area (Å²) >= 11 is 3.65. The molecule has 0 fully saturated rings. The second kappa shape index (κ2) is 6.74. The van der Waals surface area contributed by atoms with Gasteiger partial charge in [-0.05, 0) is 39.8 Å². The Morgan fingerprint density at radius 3 is 2.55 bits per heavy atom. The van der Waals surface area contributed by atoms with Gasteiger partial charge in [0.1, 0.15) is 5.01 Å². The highest BCUT2D eigenvalue weighted by molar-refractivity contribution is 7.98. The summed E-state index contributed by atoms with van der Waals surface area (Å²) in [6, 6.07) is 8.66. The van der Waals surface area contributed by atoms with Gasteiger partial charge in [-0.2, -0.15) is 0 Å². The van der Waals surface area contributed by atoms with Crippen molar-refractivity contribution in [3.8, 4) is 0 Å². The fraction of sp³-hybridized carbons (Fsp3) is 0.438. The molecule has 0 aliphatic heterocycles. The Hall–Kier alpha value is -0.840. The van der Waals surface area contributed by atoms with Crippen LogP contribution in [0.3, 0.4) is 0 Å². The largest absolute Gasteiger partial charge is 0.307 e. The summed E-state index contributed by atoms with van der Waals surface area (Å²) in [5.74, 6) is 0.948. The molecule has 0 spiro atoms. The average molecular weight is 306 g/mol. The molecule has 4 heteroatoms. The number of nitrogens with zero attached hydrogens (tertiary/aromatic N) is 1. The minimum absolute atomic E-state index is 0.154. The minimum atomic E-state index is 0.154. The monoisotopic (exact) mass is 306 g/mol. The van der Waals surface area contributed by atoms with Crippen LogP contribution in [0.1, 0.15) is 36.2 Å². The van der Waals surface area contributed by atoms with E-state index in [9.17, 15) is 0 Å². The van der Waals surface area contributed by atoms with Crippen LogP contribution in [-0.4, -0.2) is 10.5 Å². The van der Waals surface area contributed by atoms with E-state index in [2.05, 4.69) is 62.3 Å². The zero-order chi connectivity index (χ0) is 14.6. The van der Waals surface area contributed by atoms with Crippen LogP contribution in [-0.2, 0) is 12.3 Å². The van der Waals surface area contributed by atoms with Crippen LogP contribution < -0.4 is 5.32 Å². The van der Waals surface area contributed by atoms with Crippen LogP contribution in [0, 0.1) is 6.92 Å². The zero-order valence-corrected chi connectivity index (χ0v) is 14.2. The second-order valence-corrected chi connectivity index (χ2v) is 8.17. The highest BCUT2D eigenvalue weighted by Gasteiger charge is 2.10. The predicted molar refractivity (Wildman–Crippen MR) is 89.4 cm³/mol. The number of nitrogens with one attached hydrogen (secondary N) is 1. The van der Waals surface area contributed by atoms with Gasteiger partial charge in [0.15, 0.2) is 0 Å². The van der Waals surface area contributed by atoms with Crippen molar-refractivity contribution in [1.29, 1.82) is 0 Å². The summed E-state index contributed by atoms with van der Waals surface area (Å²) in [4.78, 5) is 7.12. The molecule has 2 rings (SSSR count). The van der Waals surface area contributed by atoms with Gasteiger partial charge in [-0.1, -0.05) is 17.7 Å². The number of hydrogen-bond acceptors (Lipinski definition) is 4. The SMILES string of the molecule is Cc1ccc(SCc2ncc(CNC(C)(C)C)s2)cc1. The quantitative estimate of drug-likeness (QED) is 0.815. The molecule has 1 N–H and O–H groups in total. The molecule has 0 saturated carbocycles. The molecular weight excluding hydrogens is 284 g/mol. The topological polar surface area (TPSA) is 24.9 Å². The first-order valence-electron chi connectivity index (χ1n) is 6.80. The maximum absolute atomic E-state index is 4.51. The number of rotatable bonds is 5. The Morgan fingerprint density at radius 1 is 1.20 bits per heavy atom. The summed E-state index contributed by atoms with van der Waals surface area (Å²) in [5.41, 5.74) is 1.46. The van der Waals surface area contributed by atoms with E-state index < -0.39 is 0 Å². The summed E-state index contributed by atoms with van der Waals surface area (Å²) in [6.45, 7) is 9.56. The van der Waals surface area contributed by atoms with Gasteiger partial charge < -0.3 is 5.32 Å². The lowest BCUT2D eigenvalue weighted by molar-refractivity contribution is 0.426. The maximum atomic E-state index is 4.51. The summed E-state index contributed by atoms with van der Waals surface area (Å²) in [7, 11) is 0. The van der Waals surface area contributed by atoms with E-state index >= 15 is 0 Å². The molecule has 0 unspecified atom stereocenters. The lowest BCUT2D eigenvalue weighted by Crippen LogP contribution is -2.34. The highest BCUT2D eigenvalue weighted by Crippen LogP contribution is 2.25. The first kappa shape index (κ1) is 15.5. The van der Waals surface area contributed by atoms with Crippen LogP contribution >= 0.6 is 23.1 Å². The van der Waals surface area contributed by atoms with Gasteiger partial charge in [-0.15, -0.1) is 23.1 Å². The van der Waals surface area contributed by atoms with E-state index in [-0.39, 0.29) is 5.54 Å². The molecule has 1 heterocycles. The number of thiazole rings is 1. The molecule has 1 aromatic carbocycles. The van der Waals surface area contributed by atoms with Crippen molar-refractivity contribution in [3.05, 3.63) is 45.9 Å². The van der Waals surface area contributed by atoms with E-state index in [1.165, 1.54) is 20.3 Å². The Morgan fingerprint density at radius 2 is 1.90 bits per heavy atom. The zero-order valence-electron chi connectivity index (χ0n) is 12.6. The van der Waals surface area contributed by atoms with Crippen molar-refractivity contribution >= 4 is 23.1 Å². The van der Waals surface area contributed by atoms with Crippen LogP contribution in [0.4, 0.5) is 0 Å². The van der Waals surface area contributed by atoms with Gasteiger partial charge in [-0.25, -0.2) is 4.98 Å². The molecule has 2 aromatic rings. The van der Waals surface area contributed by atoms with E-state index in [0.29, 0.717) is 0 Å². The van der Waals surface area contributed by atoms with Crippen molar-refractivity contribution in [2.24, 2.45) is 0 Å². The maximum Gasteiger partial charge on any atom is 0.103 e. The molecule has 0 aliphatic rings. The molecule has 20 heavy (non-hydrogen) atoms. The van der Waals surface area contributed by atoms with Crippen molar-refractivity contribution in [2.75, 3.05) is 0 Å². The smallest absolute Gasteiger partial charge is 0.103 e. The molecule has 0 radical (unpaired) electrons. The fourth-order valence-electron chi connectivity index (χ4n) is 1.63. The number of benzene rings is 1. The average Bonchev–Trinajstić information content (AvgIpc) is 2.83. The molecular formula is C16H22N2S2. The van der Waals surface area contributed by atoms with E-state index in [1.807, 2.05) is 18.0 Å². The Bertz CT molecular complexity index is 538. The van der Waals surface area contributed by atoms with Gasteiger partial charge >= 0.3 is 0 Å². The number of aromatic nitrogens is 1. The second-order valence-electron chi connectivity index (χ2n) is 5.93. The molecule has 0 bridgehead atoms. The molecule has 2 nitrogen and oxygen atoms in total.